The quantitative estimate of drug-likeness (QED) is 0.0233. The Kier molecular flexibility index (Phi) is 26.7. The average Bonchev–Trinajstić information content (AvgIpc) is 1.23. The number of benzene rings is 5. The first-order valence-corrected chi connectivity index (χ1v) is 30.6. The highest BCUT2D eigenvalue weighted by atomic mass is 16.5. The van der Waals surface area contributed by atoms with Crippen LogP contribution in [0, 0.1) is 5.41 Å². The minimum Gasteiger partial charge on any atom is -0.508 e. The summed E-state index contributed by atoms with van der Waals surface area (Å²) in [6.45, 7) is 5.48. The lowest BCUT2D eigenvalue weighted by molar-refractivity contribution is -0.165. The smallest absolute Gasteiger partial charge is 0.330 e. The summed E-state index contributed by atoms with van der Waals surface area (Å²) in [5.41, 5.74) is 1.68. The van der Waals surface area contributed by atoms with E-state index in [0.29, 0.717) is 58.9 Å². The molecule has 0 spiro atoms. The Hall–Kier alpha value is -9.73. The van der Waals surface area contributed by atoms with Crippen LogP contribution in [0.4, 0.5) is 0 Å². The van der Waals surface area contributed by atoms with E-state index in [1.165, 1.54) is 93.2 Å². The maximum atomic E-state index is 14.9. The van der Waals surface area contributed by atoms with Crippen molar-refractivity contribution in [1.29, 1.82) is 0 Å². The molecule has 492 valence electrons. The van der Waals surface area contributed by atoms with E-state index in [0.717, 1.165) is 5.56 Å². The number of amides is 6. The number of hydrogen-bond donors (Lipinski definition) is 3. The van der Waals surface area contributed by atoms with Crippen LogP contribution in [0.15, 0.2) is 133 Å². The van der Waals surface area contributed by atoms with Crippen LogP contribution in [0.5, 0.6) is 28.7 Å². The molecule has 5 atom stereocenters. The van der Waals surface area contributed by atoms with Crippen molar-refractivity contribution in [3.05, 3.63) is 161 Å². The molecule has 1 saturated heterocycles. The number of piperidine rings is 1. The van der Waals surface area contributed by atoms with Gasteiger partial charge in [-0.15, -0.1) is 0 Å². The normalized spacial score (nSPS) is 14.3. The summed E-state index contributed by atoms with van der Waals surface area (Å²) in [7, 11) is 8.97. The lowest BCUT2D eigenvalue weighted by Crippen LogP contribution is -2.57. The Morgan fingerprint density at radius 1 is 0.717 bits per heavy atom. The number of likely N-dealkylation sites (N-methyl/N-ethyl adjacent to an activating group) is 3. The van der Waals surface area contributed by atoms with Gasteiger partial charge in [0.05, 0.1) is 33.3 Å². The van der Waals surface area contributed by atoms with Gasteiger partial charge in [0, 0.05) is 65.1 Å². The molecule has 0 aromatic heterocycles. The number of phenols is 1. The van der Waals surface area contributed by atoms with Crippen LogP contribution < -0.4 is 29.6 Å². The van der Waals surface area contributed by atoms with Gasteiger partial charge in [0.15, 0.2) is 18.1 Å². The molecule has 0 unspecified atom stereocenters. The van der Waals surface area contributed by atoms with Gasteiger partial charge in [-0.1, -0.05) is 91.0 Å². The van der Waals surface area contributed by atoms with E-state index in [-0.39, 0.29) is 69.1 Å². The second-order valence-corrected chi connectivity index (χ2v) is 23.1. The van der Waals surface area contributed by atoms with Crippen molar-refractivity contribution >= 4 is 53.2 Å². The molecule has 1 aliphatic heterocycles. The van der Waals surface area contributed by atoms with E-state index in [9.17, 15) is 48.3 Å². The molecule has 5 aromatic carbocycles. The molecule has 3 N–H and O–H groups in total. The molecule has 0 saturated carbocycles. The van der Waals surface area contributed by atoms with Gasteiger partial charge in [0.1, 0.15) is 54.1 Å². The highest BCUT2D eigenvalue weighted by molar-refractivity contribution is 6.38. The Morgan fingerprint density at radius 3 is 1.93 bits per heavy atom. The number of ketones is 1. The number of carbonyl (C=O) groups excluding carboxylic acids is 9. The number of allylic oxidation sites excluding steroid dienone is 1. The van der Waals surface area contributed by atoms with Crippen LogP contribution in [0.25, 0.3) is 0 Å². The Labute approximate surface area is 538 Å². The minimum absolute atomic E-state index is 0.000280. The molecule has 0 bridgehead atoms. The van der Waals surface area contributed by atoms with Gasteiger partial charge in [-0.05, 0) is 118 Å². The van der Waals surface area contributed by atoms with Crippen LogP contribution in [0.1, 0.15) is 87.3 Å². The van der Waals surface area contributed by atoms with Gasteiger partial charge in [-0.25, -0.2) is 9.59 Å². The summed E-state index contributed by atoms with van der Waals surface area (Å²) in [5.74, 6) is -4.69. The molecule has 0 aliphatic carbocycles. The Balaban J connectivity index is 1.25. The summed E-state index contributed by atoms with van der Waals surface area (Å²) < 4.78 is 34.9. The molecule has 6 rings (SSSR count). The standard InChI is InChI=1S/C70H86N6O16/c1-11-22-62(80)91-45-70(3,4)64(81)68(85)76-38-20-19-29-55(76)69(86)92-57(35-34-52-58(87-8)36-37-59(88-9)63(52)89-10)49-27-21-28-51(42-49)90-44-61(79)75(7)56(41-48-30-32-50(77)33-31-48)65(82)72-54(40-47-25-17-14-18-26-47)67(84)74(6)43-60(78)71-53(66(83)73(5)12-2)39-46-23-15-13-16-24-46/h11,13-18,21-28,30-33,36-37,42,53-57,77H,12,19-20,29,34-35,38-41,43-45H2,1-10H3,(H,71,78)(H,72,82)/b22-11+/t53-,54-,55+,56+,57-/m1/s1. The van der Waals surface area contributed by atoms with Crippen molar-refractivity contribution in [1.82, 2.24) is 30.2 Å². The first-order chi connectivity index (χ1) is 44.0. The largest absolute Gasteiger partial charge is 0.508 e. The van der Waals surface area contributed by atoms with Crippen LogP contribution in [-0.2, 0) is 78.3 Å². The summed E-state index contributed by atoms with van der Waals surface area (Å²) >= 11 is 0. The lowest BCUT2D eigenvalue weighted by atomic mass is 9.87. The van der Waals surface area contributed by atoms with E-state index < -0.39 is 96.1 Å². The van der Waals surface area contributed by atoms with E-state index in [4.69, 9.17) is 28.4 Å². The molecule has 22 nitrogen and oxygen atoms in total. The highest BCUT2D eigenvalue weighted by Gasteiger charge is 2.43. The number of methoxy groups -OCH3 is 3. The zero-order chi connectivity index (χ0) is 67.1. The number of likely N-dealkylation sites (tertiary alicyclic amines) is 1. The molecule has 1 heterocycles. The lowest BCUT2D eigenvalue weighted by Gasteiger charge is -2.36. The maximum absolute atomic E-state index is 14.9. The molecule has 6 amide bonds. The number of Topliss-reactive ketones (excluding diaryl/α,β-unsaturated/α-hetero) is 1. The zero-order valence-corrected chi connectivity index (χ0v) is 54.1. The summed E-state index contributed by atoms with van der Waals surface area (Å²) in [6.07, 6.45) is 3.35. The first-order valence-electron chi connectivity index (χ1n) is 30.6. The fourth-order valence-corrected chi connectivity index (χ4v) is 10.6. The summed E-state index contributed by atoms with van der Waals surface area (Å²) in [6, 6.07) is 29.6. The highest BCUT2D eigenvalue weighted by Crippen LogP contribution is 2.40. The second-order valence-electron chi connectivity index (χ2n) is 23.1. The van der Waals surface area contributed by atoms with E-state index in [2.05, 4.69) is 10.6 Å². The Morgan fingerprint density at radius 2 is 1.33 bits per heavy atom. The van der Waals surface area contributed by atoms with Crippen LogP contribution >= 0.6 is 0 Å². The molecule has 0 radical (unpaired) electrons. The predicted molar refractivity (Wildman–Crippen MR) is 343 cm³/mol. The third-order valence-electron chi connectivity index (χ3n) is 16.0. The Bertz CT molecular complexity index is 3380. The third-order valence-corrected chi connectivity index (χ3v) is 16.0. The first kappa shape index (κ1) is 71.3. The predicted octanol–water partition coefficient (Wildman–Crippen LogP) is 6.57. The van der Waals surface area contributed by atoms with Gasteiger partial charge < -0.3 is 63.8 Å². The van der Waals surface area contributed by atoms with Crippen LogP contribution in [-0.4, -0.2) is 177 Å². The average molecular weight is 1270 g/mol. The van der Waals surface area contributed by atoms with Crippen molar-refractivity contribution in [2.75, 3.05) is 75.3 Å². The van der Waals surface area contributed by atoms with Gasteiger partial charge in [0.25, 0.3) is 11.8 Å². The maximum Gasteiger partial charge on any atom is 0.330 e. The molecule has 5 aromatic rings. The number of rotatable bonds is 32. The van der Waals surface area contributed by atoms with Crippen LogP contribution in [0.2, 0.25) is 0 Å². The van der Waals surface area contributed by atoms with E-state index >= 15 is 0 Å². The number of esters is 2. The molecular formula is C70H86N6O16. The molecule has 1 fully saturated rings. The second kappa shape index (κ2) is 34.5. The minimum atomic E-state index is -1.43. The van der Waals surface area contributed by atoms with Gasteiger partial charge in [-0.3, -0.25) is 33.6 Å². The number of nitrogens with one attached hydrogen (secondary N) is 2. The number of hydrogen-bond acceptors (Lipinski definition) is 16. The molecule has 22 heteroatoms. The number of aromatic hydroxyl groups is 1. The third kappa shape index (κ3) is 19.9. The molecular weight excluding hydrogens is 1180 g/mol. The number of phenolic OH excluding ortho intramolecular Hbond substituents is 1. The van der Waals surface area contributed by atoms with Crippen molar-refractivity contribution in [3.63, 3.8) is 0 Å². The van der Waals surface area contributed by atoms with Crippen molar-refractivity contribution in [3.8, 4) is 28.7 Å². The van der Waals surface area contributed by atoms with E-state index in [1.54, 1.807) is 92.8 Å². The van der Waals surface area contributed by atoms with Crippen molar-refractivity contribution in [2.45, 2.75) is 109 Å². The fourth-order valence-electron chi connectivity index (χ4n) is 10.6. The molecule has 92 heavy (non-hydrogen) atoms. The summed E-state index contributed by atoms with van der Waals surface area (Å²) in [5, 5.41) is 15.9. The van der Waals surface area contributed by atoms with Crippen LogP contribution in [0.3, 0.4) is 0 Å². The van der Waals surface area contributed by atoms with Gasteiger partial charge in [0.2, 0.25) is 29.4 Å². The SMILES string of the molecule is C/C=C/C(=O)OCC(C)(C)C(=O)C(=O)N1CCCC[C@H]1C(=O)O[C@H](CCc1c(OC)ccc(OC)c1OC)c1cccc(OCC(=O)N(C)[C@@H](Cc2ccc(O)cc2)C(=O)N[C@H](Cc2ccccc2)C(=O)N(C)CC(=O)N[C@H](Cc2ccccc2)C(=O)N(C)CC)c1. The van der Waals surface area contributed by atoms with Crippen molar-refractivity contribution < 1.29 is 76.7 Å². The van der Waals surface area contributed by atoms with Crippen molar-refractivity contribution in [2.24, 2.45) is 5.41 Å². The van der Waals surface area contributed by atoms with Gasteiger partial charge in [-0.2, -0.15) is 0 Å². The molecule has 1 aliphatic rings. The van der Waals surface area contributed by atoms with Gasteiger partial charge >= 0.3 is 11.9 Å². The van der Waals surface area contributed by atoms with E-state index in [1.807, 2.05) is 37.3 Å². The number of carbonyl (C=O) groups is 9. The number of nitrogens with zero attached hydrogens (tertiary/aromatic N) is 4. The zero-order valence-electron chi connectivity index (χ0n) is 54.1. The monoisotopic (exact) mass is 1270 g/mol. The number of ether oxygens (including phenoxy) is 6. The topological polar surface area (TPSA) is 266 Å². The summed E-state index contributed by atoms with van der Waals surface area (Å²) in [4.78, 5) is 131. The fraction of sp³-hybridized carbons (Fsp3) is 0.414.